The van der Waals surface area contributed by atoms with Gasteiger partial charge in [-0.15, -0.1) is 5.10 Å². The Morgan fingerprint density at radius 2 is 2.30 bits per heavy atom. The van der Waals surface area contributed by atoms with E-state index in [0.717, 1.165) is 42.2 Å². The molecule has 20 heavy (non-hydrogen) atoms. The van der Waals surface area contributed by atoms with Crippen LogP contribution in [0.2, 0.25) is 0 Å². The standard InChI is InChI=1S/C14H19N5O/c1-9-3-4-10(7-12(9)20-2)13-16-14(18-17-13)19-6-5-11(15)8-19/h3-4,7,11H,5-6,8,15H2,1-2H3,(H,16,17,18). The predicted octanol–water partition coefficient (Wildman–Crippen LogP) is 1.33. The number of ether oxygens (including phenoxy) is 1. The normalized spacial score (nSPS) is 18.6. The maximum atomic E-state index is 5.91. The Morgan fingerprint density at radius 1 is 1.45 bits per heavy atom. The predicted molar refractivity (Wildman–Crippen MR) is 77.9 cm³/mol. The lowest BCUT2D eigenvalue weighted by molar-refractivity contribution is 0.412. The van der Waals surface area contributed by atoms with Crippen LogP contribution in [0, 0.1) is 6.92 Å². The molecule has 0 bridgehead atoms. The molecule has 6 nitrogen and oxygen atoms in total. The molecule has 106 valence electrons. The Labute approximate surface area is 118 Å². The summed E-state index contributed by atoms with van der Waals surface area (Å²) >= 11 is 0. The van der Waals surface area contributed by atoms with Crippen molar-refractivity contribution in [3.05, 3.63) is 23.8 Å². The number of aromatic nitrogens is 3. The van der Waals surface area contributed by atoms with Crippen molar-refractivity contribution in [1.29, 1.82) is 0 Å². The van der Waals surface area contributed by atoms with Crippen molar-refractivity contribution in [2.75, 3.05) is 25.1 Å². The minimum Gasteiger partial charge on any atom is -0.496 e. The molecule has 1 aromatic carbocycles. The van der Waals surface area contributed by atoms with E-state index in [-0.39, 0.29) is 6.04 Å². The van der Waals surface area contributed by atoms with E-state index in [1.807, 2.05) is 25.1 Å². The first-order chi connectivity index (χ1) is 9.67. The average Bonchev–Trinajstić information content (AvgIpc) is 3.08. The van der Waals surface area contributed by atoms with Crippen LogP contribution in [0.15, 0.2) is 18.2 Å². The van der Waals surface area contributed by atoms with Crippen LogP contribution in [0.3, 0.4) is 0 Å². The molecular formula is C14H19N5O. The summed E-state index contributed by atoms with van der Waals surface area (Å²) < 4.78 is 5.34. The van der Waals surface area contributed by atoms with E-state index in [0.29, 0.717) is 5.95 Å². The summed E-state index contributed by atoms with van der Waals surface area (Å²) in [6.07, 6.45) is 0.988. The Kier molecular flexibility index (Phi) is 3.31. The third-order valence-corrected chi connectivity index (χ3v) is 3.66. The number of nitrogens with one attached hydrogen (secondary N) is 1. The van der Waals surface area contributed by atoms with E-state index in [1.54, 1.807) is 7.11 Å². The molecule has 2 aromatic rings. The molecule has 2 heterocycles. The zero-order valence-corrected chi connectivity index (χ0v) is 11.8. The molecule has 0 saturated carbocycles. The Balaban J connectivity index is 1.86. The smallest absolute Gasteiger partial charge is 0.245 e. The van der Waals surface area contributed by atoms with E-state index in [9.17, 15) is 0 Å². The van der Waals surface area contributed by atoms with Crippen molar-refractivity contribution in [1.82, 2.24) is 15.2 Å². The van der Waals surface area contributed by atoms with Gasteiger partial charge in [-0.05, 0) is 25.0 Å². The summed E-state index contributed by atoms with van der Waals surface area (Å²) in [5.41, 5.74) is 7.98. The van der Waals surface area contributed by atoms with Crippen LogP contribution in [-0.2, 0) is 0 Å². The highest BCUT2D eigenvalue weighted by Gasteiger charge is 2.22. The second-order valence-corrected chi connectivity index (χ2v) is 5.16. The van der Waals surface area contributed by atoms with Gasteiger partial charge in [-0.1, -0.05) is 12.1 Å². The van der Waals surface area contributed by atoms with E-state index in [1.165, 1.54) is 0 Å². The molecule has 1 atom stereocenters. The lowest BCUT2D eigenvalue weighted by Crippen LogP contribution is -2.26. The molecule has 0 aliphatic carbocycles. The molecule has 3 N–H and O–H groups in total. The number of aromatic amines is 1. The minimum absolute atomic E-state index is 0.219. The first-order valence-electron chi connectivity index (χ1n) is 6.75. The first-order valence-corrected chi connectivity index (χ1v) is 6.75. The molecule has 6 heteroatoms. The number of hydrogen-bond acceptors (Lipinski definition) is 5. The second kappa shape index (κ2) is 5.13. The number of methoxy groups -OCH3 is 1. The van der Waals surface area contributed by atoms with Gasteiger partial charge < -0.3 is 15.4 Å². The van der Waals surface area contributed by atoms with Crippen molar-refractivity contribution < 1.29 is 4.74 Å². The first kappa shape index (κ1) is 12.9. The summed E-state index contributed by atoms with van der Waals surface area (Å²) in [4.78, 5) is 6.66. The molecule has 1 aromatic heterocycles. The van der Waals surface area contributed by atoms with Gasteiger partial charge in [0.1, 0.15) is 5.75 Å². The van der Waals surface area contributed by atoms with Gasteiger partial charge >= 0.3 is 0 Å². The molecule has 0 amide bonds. The van der Waals surface area contributed by atoms with Gasteiger partial charge in [-0.25, -0.2) is 0 Å². The Morgan fingerprint density at radius 3 is 3.00 bits per heavy atom. The number of aryl methyl sites for hydroxylation is 1. The highest BCUT2D eigenvalue weighted by molar-refractivity contribution is 5.60. The van der Waals surface area contributed by atoms with Gasteiger partial charge in [0, 0.05) is 24.7 Å². The highest BCUT2D eigenvalue weighted by Crippen LogP contribution is 2.26. The summed E-state index contributed by atoms with van der Waals surface area (Å²) in [7, 11) is 1.67. The lowest BCUT2D eigenvalue weighted by Gasteiger charge is -2.11. The van der Waals surface area contributed by atoms with Crippen molar-refractivity contribution in [2.24, 2.45) is 5.73 Å². The zero-order valence-electron chi connectivity index (χ0n) is 11.8. The van der Waals surface area contributed by atoms with Gasteiger partial charge in [-0.3, -0.25) is 5.10 Å². The van der Waals surface area contributed by atoms with E-state index < -0.39 is 0 Å². The highest BCUT2D eigenvalue weighted by atomic mass is 16.5. The monoisotopic (exact) mass is 273 g/mol. The van der Waals surface area contributed by atoms with Crippen molar-refractivity contribution >= 4 is 5.95 Å². The van der Waals surface area contributed by atoms with Gasteiger partial charge in [0.05, 0.1) is 7.11 Å². The quantitative estimate of drug-likeness (QED) is 0.881. The van der Waals surface area contributed by atoms with Gasteiger partial charge in [-0.2, -0.15) is 4.98 Å². The van der Waals surface area contributed by atoms with Crippen molar-refractivity contribution in [3.8, 4) is 17.1 Å². The molecule has 1 aliphatic heterocycles. The van der Waals surface area contributed by atoms with Crippen LogP contribution in [0.4, 0.5) is 5.95 Å². The Hall–Kier alpha value is -2.08. The average molecular weight is 273 g/mol. The molecule has 1 saturated heterocycles. The number of nitrogens with zero attached hydrogens (tertiary/aromatic N) is 3. The maximum Gasteiger partial charge on any atom is 0.245 e. The van der Waals surface area contributed by atoms with Crippen LogP contribution in [-0.4, -0.2) is 41.4 Å². The third kappa shape index (κ3) is 2.34. The number of benzene rings is 1. The fourth-order valence-electron chi connectivity index (χ4n) is 2.46. The van der Waals surface area contributed by atoms with Gasteiger partial charge in [0.15, 0.2) is 5.82 Å². The number of nitrogens with two attached hydrogens (primary N) is 1. The maximum absolute atomic E-state index is 5.91. The van der Waals surface area contributed by atoms with Crippen molar-refractivity contribution in [3.63, 3.8) is 0 Å². The van der Waals surface area contributed by atoms with Crippen LogP contribution in [0.5, 0.6) is 5.75 Å². The number of hydrogen-bond donors (Lipinski definition) is 2. The number of H-pyrrole nitrogens is 1. The molecule has 1 unspecified atom stereocenters. The minimum atomic E-state index is 0.219. The SMILES string of the molecule is COc1cc(-c2nc(N3CCC(N)C3)n[nH]2)ccc1C. The lowest BCUT2D eigenvalue weighted by atomic mass is 10.1. The van der Waals surface area contributed by atoms with E-state index >= 15 is 0 Å². The van der Waals surface area contributed by atoms with Gasteiger partial charge in [0.2, 0.25) is 5.95 Å². The van der Waals surface area contributed by atoms with Crippen LogP contribution >= 0.6 is 0 Å². The van der Waals surface area contributed by atoms with E-state index in [2.05, 4.69) is 20.1 Å². The summed E-state index contributed by atoms with van der Waals surface area (Å²) in [5, 5.41) is 7.27. The third-order valence-electron chi connectivity index (χ3n) is 3.66. The Bertz CT molecular complexity index is 609. The molecule has 1 fully saturated rings. The van der Waals surface area contributed by atoms with Crippen LogP contribution < -0.4 is 15.4 Å². The zero-order chi connectivity index (χ0) is 14.1. The molecule has 1 aliphatic rings. The molecule has 0 radical (unpaired) electrons. The van der Waals surface area contributed by atoms with Crippen LogP contribution in [0.1, 0.15) is 12.0 Å². The number of rotatable bonds is 3. The second-order valence-electron chi connectivity index (χ2n) is 5.16. The number of anilines is 1. The molecule has 3 rings (SSSR count). The molecule has 0 spiro atoms. The van der Waals surface area contributed by atoms with E-state index in [4.69, 9.17) is 10.5 Å². The van der Waals surface area contributed by atoms with Crippen molar-refractivity contribution in [2.45, 2.75) is 19.4 Å². The summed E-state index contributed by atoms with van der Waals surface area (Å²) in [5.74, 6) is 2.31. The largest absolute Gasteiger partial charge is 0.496 e. The fourth-order valence-corrected chi connectivity index (χ4v) is 2.46. The fraction of sp³-hybridized carbons (Fsp3) is 0.429. The van der Waals surface area contributed by atoms with Crippen LogP contribution in [0.25, 0.3) is 11.4 Å². The summed E-state index contributed by atoms with van der Waals surface area (Å²) in [6, 6.07) is 6.21. The topological polar surface area (TPSA) is 80.1 Å². The summed E-state index contributed by atoms with van der Waals surface area (Å²) in [6.45, 7) is 3.74. The molecular weight excluding hydrogens is 254 g/mol. The van der Waals surface area contributed by atoms with Gasteiger partial charge in [0.25, 0.3) is 0 Å².